The largest absolute Gasteiger partial charge is 0.360 e. The Kier molecular flexibility index (Phi) is 2.60. The monoisotopic (exact) mass is 322 g/mol. The molecule has 0 aliphatic heterocycles. The third-order valence-electron chi connectivity index (χ3n) is 3.52. The van der Waals surface area contributed by atoms with Gasteiger partial charge in [0.15, 0.2) is 0 Å². The number of H-pyrrole nitrogens is 1. The van der Waals surface area contributed by atoms with Crippen LogP contribution in [0, 0.1) is 0 Å². The number of rotatable bonds is 1. The van der Waals surface area contributed by atoms with Crippen molar-refractivity contribution in [3.8, 4) is 11.3 Å². The summed E-state index contributed by atoms with van der Waals surface area (Å²) in [6.07, 6.45) is 2.02. The van der Waals surface area contributed by atoms with Crippen LogP contribution >= 0.6 is 15.9 Å². The summed E-state index contributed by atoms with van der Waals surface area (Å²) >= 11 is 3.49. The lowest BCUT2D eigenvalue weighted by Gasteiger charge is -2.02. The molecule has 4 rings (SSSR count). The standard InChI is InChI=1S/C17H11BrN2/c18-12-6-7-13-14(10-19-17(13)9-12)16-8-5-11-3-1-2-4-15(11)20-16/h1-10,19H. The number of para-hydroxylation sites is 1. The summed E-state index contributed by atoms with van der Waals surface area (Å²) in [6, 6.07) is 18.6. The zero-order valence-corrected chi connectivity index (χ0v) is 12.2. The SMILES string of the molecule is Brc1ccc2c(-c3ccc4ccccc4n3)c[nH]c2c1. The first-order valence-electron chi connectivity index (χ1n) is 6.44. The highest BCUT2D eigenvalue weighted by Gasteiger charge is 2.08. The Morgan fingerprint density at radius 1 is 0.950 bits per heavy atom. The van der Waals surface area contributed by atoms with Gasteiger partial charge in [-0.3, -0.25) is 0 Å². The minimum atomic E-state index is 0.997. The molecule has 0 atom stereocenters. The molecule has 3 heteroatoms. The summed E-state index contributed by atoms with van der Waals surface area (Å²) in [4.78, 5) is 8.06. The van der Waals surface area contributed by atoms with E-state index in [9.17, 15) is 0 Å². The topological polar surface area (TPSA) is 28.7 Å². The highest BCUT2D eigenvalue weighted by molar-refractivity contribution is 9.10. The van der Waals surface area contributed by atoms with Crippen molar-refractivity contribution in [3.05, 3.63) is 65.3 Å². The predicted molar refractivity (Wildman–Crippen MR) is 86.7 cm³/mol. The minimum Gasteiger partial charge on any atom is -0.360 e. The molecule has 0 spiro atoms. The molecule has 0 aliphatic rings. The zero-order valence-electron chi connectivity index (χ0n) is 10.6. The van der Waals surface area contributed by atoms with Gasteiger partial charge in [0, 0.05) is 32.5 Å². The highest BCUT2D eigenvalue weighted by atomic mass is 79.9. The van der Waals surface area contributed by atoms with Crippen LogP contribution in [0.25, 0.3) is 33.1 Å². The Balaban J connectivity index is 1.96. The molecule has 2 nitrogen and oxygen atoms in total. The molecule has 96 valence electrons. The lowest BCUT2D eigenvalue weighted by atomic mass is 10.1. The second-order valence-electron chi connectivity index (χ2n) is 4.78. The first kappa shape index (κ1) is 11.7. The number of aromatic nitrogens is 2. The van der Waals surface area contributed by atoms with Crippen molar-refractivity contribution in [2.75, 3.05) is 0 Å². The summed E-state index contributed by atoms with van der Waals surface area (Å²) in [7, 11) is 0. The maximum absolute atomic E-state index is 4.76. The fourth-order valence-electron chi connectivity index (χ4n) is 2.53. The lowest BCUT2D eigenvalue weighted by molar-refractivity contribution is 1.40. The number of benzene rings is 2. The average Bonchev–Trinajstić information content (AvgIpc) is 2.89. The molecular formula is C17H11BrN2. The van der Waals surface area contributed by atoms with Crippen molar-refractivity contribution in [2.24, 2.45) is 0 Å². The second-order valence-corrected chi connectivity index (χ2v) is 5.70. The van der Waals surface area contributed by atoms with E-state index in [-0.39, 0.29) is 0 Å². The maximum atomic E-state index is 4.76. The molecule has 2 aromatic carbocycles. The van der Waals surface area contributed by atoms with Crippen molar-refractivity contribution in [1.29, 1.82) is 0 Å². The fourth-order valence-corrected chi connectivity index (χ4v) is 2.89. The molecule has 0 bridgehead atoms. The number of hydrogen-bond donors (Lipinski definition) is 1. The smallest absolute Gasteiger partial charge is 0.0731 e. The average molecular weight is 323 g/mol. The lowest BCUT2D eigenvalue weighted by Crippen LogP contribution is -1.83. The Morgan fingerprint density at radius 2 is 1.85 bits per heavy atom. The summed E-state index contributed by atoms with van der Waals surface area (Å²) in [6.45, 7) is 0. The summed E-state index contributed by atoms with van der Waals surface area (Å²) in [5, 5.41) is 2.36. The molecule has 0 saturated carbocycles. The summed E-state index contributed by atoms with van der Waals surface area (Å²) < 4.78 is 1.07. The normalized spacial score (nSPS) is 11.2. The number of halogens is 1. The molecular weight excluding hydrogens is 312 g/mol. The molecule has 0 fully saturated rings. The molecule has 0 saturated heterocycles. The summed E-state index contributed by atoms with van der Waals surface area (Å²) in [5.41, 5.74) is 4.27. The first-order chi connectivity index (χ1) is 9.81. The van der Waals surface area contributed by atoms with Crippen LogP contribution in [0.3, 0.4) is 0 Å². The number of aromatic amines is 1. The van der Waals surface area contributed by atoms with E-state index in [1.165, 1.54) is 10.8 Å². The van der Waals surface area contributed by atoms with Gasteiger partial charge in [0.1, 0.15) is 0 Å². The van der Waals surface area contributed by atoms with Gasteiger partial charge < -0.3 is 4.98 Å². The molecule has 4 aromatic rings. The van der Waals surface area contributed by atoms with Gasteiger partial charge in [-0.25, -0.2) is 4.98 Å². The number of fused-ring (bicyclic) bond motifs is 2. The Bertz CT molecular complexity index is 924. The fraction of sp³-hybridized carbons (Fsp3) is 0. The molecule has 0 amide bonds. The van der Waals surface area contributed by atoms with Gasteiger partial charge >= 0.3 is 0 Å². The number of nitrogens with one attached hydrogen (secondary N) is 1. The number of hydrogen-bond acceptors (Lipinski definition) is 1. The quantitative estimate of drug-likeness (QED) is 0.516. The van der Waals surface area contributed by atoms with E-state index in [2.05, 4.69) is 57.3 Å². The van der Waals surface area contributed by atoms with Gasteiger partial charge in [-0.05, 0) is 24.3 Å². The van der Waals surface area contributed by atoms with Crippen LogP contribution in [-0.4, -0.2) is 9.97 Å². The Labute approximate surface area is 124 Å². The molecule has 20 heavy (non-hydrogen) atoms. The number of nitrogens with zero attached hydrogens (tertiary/aromatic N) is 1. The molecule has 0 aliphatic carbocycles. The van der Waals surface area contributed by atoms with Crippen molar-refractivity contribution >= 4 is 37.7 Å². The molecule has 2 aromatic heterocycles. The highest BCUT2D eigenvalue weighted by Crippen LogP contribution is 2.30. The van der Waals surface area contributed by atoms with Crippen LogP contribution in [0.1, 0.15) is 0 Å². The molecule has 2 heterocycles. The first-order valence-corrected chi connectivity index (χ1v) is 7.23. The van der Waals surface area contributed by atoms with Crippen LogP contribution in [0.15, 0.2) is 65.3 Å². The van der Waals surface area contributed by atoms with E-state index in [1.807, 2.05) is 24.4 Å². The van der Waals surface area contributed by atoms with Gasteiger partial charge in [0.2, 0.25) is 0 Å². The summed E-state index contributed by atoms with van der Waals surface area (Å²) in [5.74, 6) is 0. The minimum absolute atomic E-state index is 0.997. The van der Waals surface area contributed by atoms with Crippen LogP contribution in [0.5, 0.6) is 0 Å². The van der Waals surface area contributed by atoms with Gasteiger partial charge in [0.25, 0.3) is 0 Å². The molecule has 0 radical (unpaired) electrons. The van der Waals surface area contributed by atoms with Crippen molar-refractivity contribution in [1.82, 2.24) is 9.97 Å². The maximum Gasteiger partial charge on any atom is 0.0731 e. The van der Waals surface area contributed by atoms with Crippen molar-refractivity contribution < 1.29 is 0 Å². The number of pyridine rings is 1. The Morgan fingerprint density at radius 3 is 2.80 bits per heavy atom. The van der Waals surface area contributed by atoms with Gasteiger partial charge in [-0.1, -0.05) is 46.3 Å². The third kappa shape index (κ3) is 1.82. The molecule has 0 unspecified atom stereocenters. The Hall–Kier alpha value is -2.13. The van der Waals surface area contributed by atoms with Crippen LogP contribution in [-0.2, 0) is 0 Å². The third-order valence-corrected chi connectivity index (χ3v) is 4.01. The second kappa shape index (κ2) is 4.46. The van der Waals surface area contributed by atoms with E-state index < -0.39 is 0 Å². The van der Waals surface area contributed by atoms with Crippen LogP contribution < -0.4 is 0 Å². The van der Waals surface area contributed by atoms with E-state index in [4.69, 9.17) is 4.98 Å². The van der Waals surface area contributed by atoms with E-state index >= 15 is 0 Å². The van der Waals surface area contributed by atoms with Crippen LogP contribution in [0.2, 0.25) is 0 Å². The van der Waals surface area contributed by atoms with E-state index in [1.54, 1.807) is 0 Å². The zero-order chi connectivity index (χ0) is 13.5. The predicted octanol–water partition coefficient (Wildman–Crippen LogP) is 5.15. The van der Waals surface area contributed by atoms with E-state index in [0.29, 0.717) is 0 Å². The van der Waals surface area contributed by atoms with Crippen LogP contribution in [0.4, 0.5) is 0 Å². The van der Waals surface area contributed by atoms with Crippen molar-refractivity contribution in [2.45, 2.75) is 0 Å². The van der Waals surface area contributed by atoms with Gasteiger partial charge in [-0.2, -0.15) is 0 Å². The van der Waals surface area contributed by atoms with E-state index in [0.717, 1.165) is 26.8 Å². The van der Waals surface area contributed by atoms with Gasteiger partial charge in [0.05, 0.1) is 11.2 Å². The molecule has 1 N–H and O–H groups in total. The van der Waals surface area contributed by atoms with Gasteiger partial charge in [-0.15, -0.1) is 0 Å². The van der Waals surface area contributed by atoms with Crippen molar-refractivity contribution in [3.63, 3.8) is 0 Å².